The van der Waals surface area contributed by atoms with Gasteiger partial charge in [0.1, 0.15) is 5.69 Å². The lowest BCUT2D eigenvalue weighted by molar-refractivity contribution is -0.806. The van der Waals surface area contributed by atoms with E-state index in [1.807, 2.05) is 41.5 Å². The van der Waals surface area contributed by atoms with Gasteiger partial charge in [0.15, 0.2) is 0 Å². The minimum Gasteiger partial charge on any atom is -1.00 e. The average Bonchev–Trinajstić information content (AvgIpc) is 2.76. The highest BCUT2D eigenvalue weighted by molar-refractivity contribution is 5.94. The third-order valence-electron chi connectivity index (χ3n) is 3.30. The smallest absolute Gasteiger partial charge is 0.279 e. The Hall–Kier alpha value is -1.85. The van der Waals surface area contributed by atoms with Crippen molar-refractivity contribution in [3.8, 4) is 0 Å². The van der Waals surface area contributed by atoms with Gasteiger partial charge in [-0.05, 0) is 24.3 Å². The number of nitrogens with one attached hydrogen (secondary N) is 1. The number of para-hydroxylation sites is 1. The molecule has 0 aliphatic carbocycles. The number of benzene rings is 2. The Bertz CT molecular complexity index is 596. The van der Waals surface area contributed by atoms with E-state index in [9.17, 15) is 0 Å². The lowest BCUT2D eigenvalue weighted by Gasteiger charge is -2.32. The molecule has 3 rings (SSSR count). The molecule has 20 heavy (non-hydrogen) atoms. The Kier molecular flexibility index (Phi) is 4.11. The molecule has 0 fully saturated rings. The highest BCUT2D eigenvalue weighted by Crippen LogP contribution is 2.24. The summed E-state index contributed by atoms with van der Waals surface area (Å²) in [6.45, 7) is 0. The molecule has 0 aromatic heterocycles. The first kappa shape index (κ1) is 14.6. The number of anilines is 1. The summed E-state index contributed by atoms with van der Waals surface area (Å²) in [5, 5.41) is 6.51. The SMILES string of the molecule is C[N+]1(C)C(c2ccccc2)=NNN1c1ccccc1.[Br-]. The average molecular weight is 333 g/mol. The molecule has 0 saturated heterocycles. The topological polar surface area (TPSA) is 27.6 Å². The second-order valence-corrected chi connectivity index (χ2v) is 4.94. The largest absolute Gasteiger partial charge is 1.00 e. The molecule has 0 amide bonds. The van der Waals surface area contributed by atoms with E-state index < -0.39 is 0 Å². The summed E-state index contributed by atoms with van der Waals surface area (Å²) in [7, 11) is 4.22. The summed E-state index contributed by atoms with van der Waals surface area (Å²) in [5.41, 5.74) is 5.31. The van der Waals surface area contributed by atoms with Crippen LogP contribution in [0.4, 0.5) is 5.69 Å². The molecule has 0 spiro atoms. The van der Waals surface area contributed by atoms with Gasteiger partial charge in [-0.3, -0.25) is 0 Å². The molecule has 2 aromatic carbocycles. The van der Waals surface area contributed by atoms with Crippen molar-refractivity contribution in [3.05, 3.63) is 66.2 Å². The summed E-state index contributed by atoms with van der Waals surface area (Å²) >= 11 is 0. The predicted octanol–water partition coefficient (Wildman–Crippen LogP) is -0.632. The van der Waals surface area contributed by atoms with Crippen LogP contribution >= 0.6 is 0 Å². The maximum absolute atomic E-state index is 4.48. The normalized spacial score (nSPS) is 16.1. The number of hydrogen-bond acceptors (Lipinski definition) is 3. The van der Waals surface area contributed by atoms with Gasteiger partial charge in [-0.25, -0.2) is 0 Å². The summed E-state index contributed by atoms with van der Waals surface area (Å²) < 4.78 is 0.536. The number of hydrazone groups is 1. The number of nitrogens with zero attached hydrogens (tertiary/aromatic N) is 3. The van der Waals surface area contributed by atoms with Crippen LogP contribution in [0.2, 0.25) is 0 Å². The minimum atomic E-state index is 0. The quantitative estimate of drug-likeness (QED) is 0.741. The molecule has 2 aromatic rings. The van der Waals surface area contributed by atoms with E-state index in [0.717, 1.165) is 17.1 Å². The van der Waals surface area contributed by atoms with Crippen molar-refractivity contribution in [1.82, 2.24) is 5.53 Å². The monoisotopic (exact) mass is 332 g/mol. The van der Waals surface area contributed by atoms with E-state index in [1.54, 1.807) is 0 Å². The zero-order valence-electron chi connectivity index (χ0n) is 11.5. The van der Waals surface area contributed by atoms with E-state index >= 15 is 0 Å². The molecule has 1 N–H and O–H groups in total. The van der Waals surface area contributed by atoms with E-state index in [0.29, 0.717) is 4.59 Å². The van der Waals surface area contributed by atoms with Gasteiger partial charge in [0.05, 0.1) is 19.7 Å². The number of hydrazine groups is 1. The van der Waals surface area contributed by atoms with Crippen molar-refractivity contribution in [2.75, 3.05) is 19.2 Å². The molecule has 0 bridgehead atoms. The highest BCUT2D eigenvalue weighted by Gasteiger charge is 2.39. The first-order valence-corrected chi connectivity index (χ1v) is 6.28. The van der Waals surface area contributed by atoms with Crippen LogP contribution in [0.15, 0.2) is 65.8 Å². The van der Waals surface area contributed by atoms with Crippen LogP contribution in [-0.2, 0) is 0 Å². The molecular weight excluding hydrogens is 316 g/mol. The highest BCUT2D eigenvalue weighted by atomic mass is 79.9. The Morgan fingerprint density at radius 3 is 2.05 bits per heavy atom. The zero-order valence-corrected chi connectivity index (χ0v) is 13.1. The van der Waals surface area contributed by atoms with Gasteiger partial charge in [-0.15, -0.1) is 5.12 Å². The first-order valence-electron chi connectivity index (χ1n) is 6.28. The molecule has 1 aliphatic heterocycles. The van der Waals surface area contributed by atoms with Crippen LogP contribution in [0.25, 0.3) is 0 Å². The second-order valence-electron chi connectivity index (χ2n) is 4.94. The predicted molar refractivity (Wildman–Crippen MR) is 77.1 cm³/mol. The Labute approximate surface area is 129 Å². The third kappa shape index (κ3) is 2.42. The van der Waals surface area contributed by atoms with Gasteiger partial charge < -0.3 is 17.0 Å². The van der Waals surface area contributed by atoms with Crippen LogP contribution in [0.3, 0.4) is 0 Å². The molecule has 5 heteroatoms. The molecule has 1 aliphatic rings. The molecule has 0 radical (unpaired) electrons. The van der Waals surface area contributed by atoms with Crippen molar-refractivity contribution in [2.24, 2.45) is 5.10 Å². The van der Waals surface area contributed by atoms with E-state index in [4.69, 9.17) is 0 Å². The standard InChI is InChI=1S/C15H17N4.BrH/c1-19(2)15(13-9-5-3-6-10-13)16-17-18(19)14-11-7-4-8-12-14;/h3-12,17H,1-2H3;1H/q+1;/p-1. The van der Waals surface area contributed by atoms with Crippen LogP contribution in [0.1, 0.15) is 5.56 Å². The number of halogens is 1. The summed E-state index contributed by atoms with van der Waals surface area (Å²) in [4.78, 5) is 0. The van der Waals surface area contributed by atoms with Crippen LogP contribution in [0, 0.1) is 0 Å². The number of quaternary nitrogens is 1. The van der Waals surface area contributed by atoms with Gasteiger partial charge in [-0.1, -0.05) is 41.5 Å². The van der Waals surface area contributed by atoms with Crippen LogP contribution < -0.4 is 27.6 Å². The summed E-state index contributed by atoms with van der Waals surface area (Å²) in [5.74, 6) is 0.990. The number of hydrogen-bond donors (Lipinski definition) is 1. The fourth-order valence-electron chi connectivity index (χ4n) is 2.31. The van der Waals surface area contributed by atoms with Crippen molar-refractivity contribution >= 4 is 11.5 Å². The summed E-state index contributed by atoms with van der Waals surface area (Å²) in [6, 6.07) is 20.4. The maximum Gasteiger partial charge on any atom is 0.279 e. The number of amidine groups is 1. The maximum atomic E-state index is 4.48. The van der Waals surface area contributed by atoms with Gasteiger partial charge in [-0.2, -0.15) is 10.1 Å². The van der Waals surface area contributed by atoms with Crippen molar-refractivity contribution in [2.45, 2.75) is 0 Å². The molecule has 0 unspecified atom stereocenters. The van der Waals surface area contributed by atoms with Crippen molar-refractivity contribution in [3.63, 3.8) is 0 Å². The minimum absolute atomic E-state index is 0. The Morgan fingerprint density at radius 1 is 0.900 bits per heavy atom. The van der Waals surface area contributed by atoms with E-state index in [2.05, 4.69) is 49.0 Å². The van der Waals surface area contributed by atoms with E-state index in [1.165, 1.54) is 0 Å². The van der Waals surface area contributed by atoms with Gasteiger partial charge in [0.2, 0.25) is 0 Å². The van der Waals surface area contributed by atoms with Gasteiger partial charge in [0.25, 0.3) is 5.84 Å². The molecular formula is C15H17BrN4. The van der Waals surface area contributed by atoms with Gasteiger partial charge >= 0.3 is 0 Å². The van der Waals surface area contributed by atoms with E-state index in [-0.39, 0.29) is 17.0 Å². The molecule has 0 saturated carbocycles. The lowest BCUT2D eigenvalue weighted by atomic mass is 10.2. The fraction of sp³-hybridized carbons (Fsp3) is 0.133. The van der Waals surface area contributed by atoms with Crippen LogP contribution in [-0.4, -0.2) is 24.5 Å². The molecule has 104 valence electrons. The summed E-state index contributed by atoms with van der Waals surface area (Å²) in [6.07, 6.45) is 0. The third-order valence-corrected chi connectivity index (χ3v) is 3.30. The lowest BCUT2D eigenvalue weighted by Crippen LogP contribution is -3.00. The van der Waals surface area contributed by atoms with Crippen molar-refractivity contribution in [1.29, 1.82) is 0 Å². The molecule has 4 nitrogen and oxygen atoms in total. The second kappa shape index (κ2) is 5.64. The van der Waals surface area contributed by atoms with Crippen molar-refractivity contribution < 1.29 is 21.6 Å². The molecule has 1 heterocycles. The fourth-order valence-corrected chi connectivity index (χ4v) is 2.31. The molecule has 0 atom stereocenters. The first-order chi connectivity index (χ1) is 9.19. The Balaban J connectivity index is 0.00000147. The number of rotatable bonds is 2. The van der Waals surface area contributed by atoms with Gasteiger partial charge in [0, 0.05) is 0 Å². The van der Waals surface area contributed by atoms with Crippen LogP contribution in [0.5, 0.6) is 0 Å². The zero-order chi connectivity index (χ0) is 13.3. The Morgan fingerprint density at radius 2 is 1.45 bits per heavy atom.